The highest BCUT2D eigenvalue weighted by molar-refractivity contribution is 5.88. The van der Waals surface area contributed by atoms with Gasteiger partial charge in [-0.25, -0.2) is 4.42 Å². The Morgan fingerprint density at radius 3 is 2.11 bits per heavy atom. The number of benzene rings is 2. The fraction of sp³-hybridized carbons (Fsp3) is 0.348. The van der Waals surface area contributed by atoms with Crippen LogP contribution in [0.5, 0.6) is 34.5 Å². The molecular weight excluding hydrogens is 468 g/mol. The van der Waals surface area contributed by atoms with Crippen molar-refractivity contribution >= 4 is 11.0 Å². The van der Waals surface area contributed by atoms with Crippen molar-refractivity contribution in [1.82, 2.24) is 0 Å². The van der Waals surface area contributed by atoms with Crippen LogP contribution in [0.15, 0.2) is 34.7 Å². The van der Waals surface area contributed by atoms with Gasteiger partial charge in [-0.15, -0.1) is 0 Å². The molecule has 5 atom stereocenters. The van der Waals surface area contributed by atoms with Crippen molar-refractivity contribution in [2.75, 3.05) is 20.8 Å². The molecule has 1 unspecified atom stereocenters. The highest BCUT2D eigenvalue weighted by Crippen LogP contribution is 2.45. The number of phenols is 3. The summed E-state index contributed by atoms with van der Waals surface area (Å²) in [7, 11) is 2.66. The topological polar surface area (TPSA) is 190 Å². The Balaban J connectivity index is 1.89. The maximum absolute atomic E-state index is 10.4. The normalized spacial score (nSPS) is 24.3. The van der Waals surface area contributed by atoms with E-state index in [0.717, 1.165) is 6.07 Å². The van der Waals surface area contributed by atoms with Gasteiger partial charge in [-0.3, -0.25) is 0 Å². The van der Waals surface area contributed by atoms with Gasteiger partial charge in [0.05, 0.1) is 32.5 Å². The molecular formula is C23H25O12+. The molecule has 7 N–H and O–H groups in total. The van der Waals surface area contributed by atoms with Crippen LogP contribution < -0.4 is 14.2 Å². The summed E-state index contributed by atoms with van der Waals surface area (Å²) in [5, 5.41) is 70.7. The minimum atomic E-state index is -1.71. The Morgan fingerprint density at radius 2 is 1.51 bits per heavy atom. The molecule has 35 heavy (non-hydrogen) atoms. The maximum atomic E-state index is 10.4. The lowest BCUT2D eigenvalue weighted by molar-refractivity contribution is -0.277. The van der Waals surface area contributed by atoms with Crippen LogP contribution in [0.3, 0.4) is 0 Å². The monoisotopic (exact) mass is 493 g/mol. The lowest BCUT2D eigenvalue weighted by Gasteiger charge is -2.39. The van der Waals surface area contributed by atoms with Crippen LogP contribution in [0, 0.1) is 0 Å². The van der Waals surface area contributed by atoms with Crippen LogP contribution >= 0.6 is 0 Å². The number of methoxy groups -OCH3 is 2. The highest BCUT2D eigenvalue weighted by Gasteiger charge is 2.45. The van der Waals surface area contributed by atoms with Gasteiger partial charge in [-0.2, -0.15) is 0 Å². The van der Waals surface area contributed by atoms with Gasteiger partial charge in [0, 0.05) is 24.3 Å². The van der Waals surface area contributed by atoms with E-state index >= 15 is 0 Å². The standard InChI is InChI=1S/C23H24O12/c1-31-14-3-9(4-15(32-2)18(14)27)22-16(7-11-12(26)5-10(25)6-13(11)33-22)34-23-21(30)20(29)19(28)17(8-24)35-23/h3-7,17,19-21,23-24,28-30H,8H2,1-2H3,(H2-,25,26,27)/p+1/t17-,19+,20+,21-,23?/m1/s1. The Hall–Kier alpha value is -3.55. The summed E-state index contributed by atoms with van der Waals surface area (Å²) in [4.78, 5) is 0. The van der Waals surface area contributed by atoms with E-state index in [1.165, 1.54) is 38.5 Å². The summed E-state index contributed by atoms with van der Waals surface area (Å²) >= 11 is 0. The average molecular weight is 493 g/mol. The molecule has 188 valence electrons. The lowest BCUT2D eigenvalue weighted by atomic mass is 9.99. The fourth-order valence-corrected chi connectivity index (χ4v) is 3.79. The third kappa shape index (κ3) is 4.45. The molecule has 1 aliphatic heterocycles. The number of aromatic hydroxyl groups is 3. The Morgan fingerprint density at radius 1 is 0.857 bits per heavy atom. The number of hydrogen-bond donors (Lipinski definition) is 7. The first-order valence-corrected chi connectivity index (χ1v) is 10.4. The van der Waals surface area contributed by atoms with Crippen molar-refractivity contribution in [3.63, 3.8) is 0 Å². The Kier molecular flexibility index (Phi) is 6.74. The molecule has 1 saturated heterocycles. The van der Waals surface area contributed by atoms with Gasteiger partial charge in [-0.05, 0) is 0 Å². The Bertz CT molecular complexity index is 1200. The second kappa shape index (κ2) is 9.60. The number of ether oxygens (including phenoxy) is 4. The molecule has 0 radical (unpaired) electrons. The minimum absolute atomic E-state index is 0.0175. The Labute approximate surface area is 198 Å². The van der Waals surface area contributed by atoms with Gasteiger partial charge < -0.3 is 54.7 Å². The summed E-state index contributed by atoms with van der Waals surface area (Å²) in [5.41, 5.74) is 0.325. The maximum Gasteiger partial charge on any atom is 0.402 e. The van der Waals surface area contributed by atoms with E-state index in [2.05, 4.69) is 0 Å². The molecule has 12 nitrogen and oxygen atoms in total. The molecule has 1 fully saturated rings. The summed E-state index contributed by atoms with van der Waals surface area (Å²) in [6, 6.07) is 6.50. The van der Waals surface area contributed by atoms with Crippen molar-refractivity contribution in [3.8, 4) is 45.8 Å². The van der Waals surface area contributed by atoms with Gasteiger partial charge in [0.15, 0.2) is 11.5 Å². The minimum Gasteiger partial charge on any atom is -0.507 e. The number of hydrogen-bond acceptors (Lipinski definition) is 11. The van der Waals surface area contributed by atoms with Crippen LogP contribution in [0.4, 0.5) is 0 Å². The molecule has 0 aliphatic carbocycles. The molecule has 0 bridgehead atoms. The van der Waals surface area contributed by atoms with E-state index < -0.39 is 37.3 Å². The zero-order valence-corrected chi connectivity index (χ0v) is 18.7. The molecule has 12 heteroatoms. The zero-order chi connectivity index (χ0) is 25.4. The first-order chi connectivity index (χ1) is 16.7. The van der Waals surface area contributed by atoms with Gasteiger partial charge in [0.1, 0.15) is 41.3 Å². The van der Waals surface area contributed by atoms with Crippen LogP contribution in [-0.4, -0.2) is 87.3 Å². The van der Waals surface area contributed by atoms with Gasteiger partial charge in [0.25, 0.3) is 0 Å². The van der Waals surface area contributed by atoms with Crippen molar-refractivity contribution < 1.29 is 59.1 Å². The molecule has 4 rings (SSSR count). The zero-order valence-electron chi connectivity index (χ0n) is 18.7. The number of phenolic OH excluding ortho intramolecular Hbond substituents is 3. The van der Waals surface area contributed by atoms with E-state index in [4.69, 9.17) is 23.4 Å². The van der Waals surface area contributed by atoms with Crippen LogP contribution in [-0.2, 0) is 4.74 Å². The third-order valence-electron chi connectivity index (χ3n) is 5.65. The van der Waals surface area contributed by atoms with Crippen LogP contribution in [0.25, 0.3) is 22.3 Å². The smallest absolute Gasteiger partial charge is 0.402 e. The average Bonchev–Trinajstić information content (AvgIpc) is 2.84. The van der Waals surface area contributed by atoms with Gasteiger partial charge in [-0.1, -0.05) is 0 Å². The number of aliphatic hydroxyl groups is 4. The summed E-state index contributed by atoms with van der Waals surface area (Å²) in [6.07, 6.45) is -7.77. The highest BCUT2D eigenvalue weighted by atomic mass is 16.7. The first-order valence-electron chi connectivity index (χ1n) is 10.4. The third-order valence-corrected chi connectivity index (χ3v) is 5.65. The second-order valence-corrected chi connectivity index (χ2v) is 7.86. The predicted molar refractivity (Wildman–Crippen MR) is 119 cm³/mol. The number of aliphatic hydroxyl groups excluding tert-OH is 4. The molecule has 2 heterocycles. The summed E-state index contributed by atoms with van der Waals surface area (Å²) in [6.45, 7) is -0.661. The molecule has 1 aliphatic rings. The van der Waals surface area contributed by atoms with E-state index in [1.54, 1.807) is 0 Å². The largest absolute Gasteiger partial charge is 0.507 e. The molecule has 1 aromatic heterocycles. The van der Waals surface area contributed by atoms with Crippen molar-refractivity contribution in [1.29, 1.82) is 0 Å². The van der Waals surface area contributed by atoms with Crippen molar-refractivity contribution in [2.24, 2.45) is 0 Å². The van der Waals surface area contributed by atoms with E-state index in [0.29, 0.717) is 0 Å². The summed E-state index contributed by atoms with van der Waals surface area (Å²) < 4.78 is 27.5. The predicted octanol–water partition coefficient (Wildman–Crippen LogP) is 0.694. The molecule has 3 aromatic rings. The van der Waals surface area contributed by atoms with Gasteiger partial charge >= 0.3 is 11.3 Å². The summed E-state index contributed by atoms with van der Waals surface area (Å²) in [5.74, 6) is -0.928. The molecule has 0 spiro atoms. The lowest BCUT2D eigenvalue weighted by Crippen LogP contribution is -2.60. The van der Waals surface area contributed by atoms with E-state index in [-0.39, 0.29) is 56.8 Å². The molecule has 0 amide bonds. The van der Waals surface area contributed by atoms with Gasteiger partial charge in [0.2, 0.25) is 17.8 Å². The molecule has 0 saturated carbocycles. The molecule has 2 aromatic carbocycles. The quantitative estimate of drug-likeness (QED) is 0.238. The fourth-order valence-electron chi connectivity index (χ4n) is 3.79. The van der Waals surface area contributed by atoms with Crippen molar-refractivity contribution in [3.05, 3.63) is 30.3 Å². The SMILES string of the molecule is COc1cc(-c2[o+]c3cc(O)cc(O)c3cc2OC2O[C@H](CO)[C@H](O)[C@H](O)[C@H]2O)cc(OC)c1O. The van der Waals surface area contributed by atoms with Crippen molar-refractivity contribution in [2.45, 2.75) is 30.7 Å². The van der Waals surface area contributed by atoms with E-state index in [9.17, 15) is 35.7 Å². The van der Waals surface area contributed by atoms with E-state index in [1.807, 2.05) is 0 Å². The van der Waals surface area contributed by atoms with Crippen LogP contribution in [0.1, 0.15) is 0 Å². The number of rotatable bonds is 6. The second-order valence-electron chi connectivity index (χ2n) is 7.86. The first kappa shape index (κ1) is 24.6. The van der Waals surface area contributed by atoms with Crippen LogP contribution in [0.2, 0.25) is 0 Å². The number of fused-ring (bicyclic) bond motifs is 1.